The molecule has 1 N–H and O–H groups in total. The number of amides is 2. The van der Waals surface area contributed by atoms with Crippen LogP contribution in [0.1, 0.15) is 20.3 Å². The Hall–Kier alpha value is -1.85. The Bertz CT molecular complexity index is 442. The lowest BCUT2D eigenvalue weighted by molar-refractivity contribution is 0.156. The number of aromatic nitrogens is 2. The van der Waals surface area contributed by atoms with Crippen molar-refractivity contribution in [3.05, 3.63) is 12.5 Å². The van der Waals surface area contributed by atoms with E-state index in [0.717, 1.165) is 13.1 Å². The molecule has 2 heterocycles. The molecule has 1 aromatic heterocycles. The highest BCUT2D eigenvalue weighted by atomic mass is 16.5. The highest BCUT2D eigenvalue weighted by Gasteiger charge is 2.25. The van der Waals surface area contributed by atoms with Crippen molar-refractivity contribution < 1.29 is 9.53 Å². The fourth-order valence-electron chi connectivity index (χ4n) is 2.59. The van der Waals surface area contributed by atoms with E-state index in [1.54, 1.807) is 6.20 Å². The first kappa shape index (κ1) is 13.6. The zero-order chi connectivity index (χ0) is 13.8. The third kappa shape index (κ3) is 3.33. The van der Waals surface area contributed by atoms with Crippen LogP contribution >= 0.6 is 0 Å². The van der Waals surface area contributed by atoms with Gasteiger partial charge in [-0.05, 0) is 18.3 Å². The van der Waals surface area contributed by atoms with Crippen LogP contribution in [0.15, 0.2) is 12.5 Å². The molecule has 0 aliphatic carbocycles. The van der Waals surface area contributed by atoms with Gasteiger partial charge in [-0.25, -0.2) is 9.78 Å². The van der Waals surface area contributed by atoms with Crippen LogP contribution in [0.2, 0.25) is 0 Å². The highest BCUT2D eigenvalue weighted by Crippen LogP contribution is 2.23. The molecule has 2 atom stereocenters. The predicted octanol–water partition coefficient (Wildman–Crippen LogP) is 1.99. The molecule has 2 amide bonds. The second-order valence-corrected chi connectivity index (χ2v) is 5.23. The van der Waals surface area contributed by atoms with Gasteiger partial charge >= 0.3 is 6.03 Å². The first-order valence-corrected chi connectivity index (χ1v) is 6.50. The molecule has 0 bridgehead atoms. The average molecular weight is 264 g/mol. The number of carbonyl (C=O) groups is 1. The summed E-state index contributed by atoms with van der Waals surface area (Å²) in [5.41, 5.74) is 0.501. The molecular weight excluding hydrogens is 244 g/mol. The normalized spacial score (nSPS) is 23.0. The summed E-state index contributed by atoms with van der Waals surface area (Å²) >= 11 is 0. The molecule has 19 heavy (non-hydrogen) atoms. The Kier molecular flexibility index (Phi) is 4.19. The summed E-state index contributed by atoms with van der Waals surface area (Å²) in [5, 5.41) is 2.81. The maximum Gasteiger partial charge on any atom is 0.322 e. The van der Waals surface area contributed by atoms with Gasteiger partial charge in [-0.3, -0.25) is 0 Å². The van der Waals surface area contributed by atoms with Gasteiger partial charge in [-0.2, -0.15) is 4.98 Å². The van der Waals surface area contributed by atoms with Gasteiger partial charge in [0.2, 0.25) is 5.88 Å². The van der Waals surface area contributed by atoms with Gasteiger partial charge in [0, 0.05) is 13.1 Å². The number of nitrogens with zero attached hydrogens (tertiary/aromatic N) is 3. The molecule has 0 saturated carbocycles. The topological polar surface area (TPSA) is 67.4 Å². The van der Waals surface area contributed by atoms with Crippen molar-refractivity contribution in [1.82, 2.24) is 14.9 Å². The first-order valence-electron chi connectivity index (χ1n) is 6.50. The molecule has 2 rings (SSSR count). The number of methoxy groups -OCH3 is 1. The second-order valence-electron chi connectivity index (χ2n) is 5.23. The Morgan fingerprint density at radius 3 is 2.74 bits per heavy atom. The van der Waals surface area contributed by atoms with Crippen molar-refractivity contribution in [3.63, 3.8) is 0 Å². The third-order valence-corrected chi connectivity index (χ3v) is 3.27. The van der Waals surface area contributed by atoms with E-state index >= 15 is 0 Å². The lowest BCUT2D eigenvalue weighted by Crippen LogP contribution is -2.44. The molecule has 1 aliphatic rings. The molecule has 6 nitrogen and oxygen atoms in total. The maximum absolute atomic E-state index is 12.2. The molecule has 104 valence electrons. The van der Waals surface area contributed by atoms with Gasteiger partial charge in [-0.1, -0.05) is 13.8 Å². The van der Waals surface area contributed by atoms with Crippen molar-refractivity contribution in [3.8, 4) is 5.88 Å². The predicted molar refractivity (Wildman–Crippen MR) is 72.1 cm³/mol. The van der Waals surface area contributed by atoms with Crippen molar-refractivity contribution in [2.75, 3.05) is 25.5 Å². The van der Waals surface area contributed by atoms with Crippen LogP contribution in [0.5, 0.6) is 5.88 Å². The molecule has 1 aliphatic heterocycles. The maximum atomic E-state index is 12.2. The van der Waals surface area contributed by atoms with Gasteiger partial charge < -0.3 is 15.0 Å². The molecule has 0 aromatic carbocycles. The Morgan fingerprint density at radius 2 is 2.11 bits per heavy atom. The summed E-state index contributed by atoms with van der Waals surface area (Å²) in [5.74, 6) is 1.44. The highest BCUT2D eigenvalue weighted by molar-refractivity contribution is 5.90. The number of piperidine rings is 1. The summed E-state index contributed by atoms with van der Waals surface area (Å²) < 4.78 is 5.09. The van der Waals surface area contributed by atoms with Gasteiger partial charge in [0.1, 0.15) is 12.0 Å². The Labute approximate surface area is 113 Å². The minimum absolute atomic E-state index is 0.119. The minimum Gasteiger partial charge on any atom is -0.479 e. The van der Waals surface area contributed by atoms with Gasteiger partial charge in [-0.15, -0.1) is 0 Å². The van der Waals surface area contributed by atoms with Crippen LogP contribution in [0.25, 0.3) is 0 Å². The standard InChI is InChI=1S/C13H20N4O2/c1-9-4-10(2)7-17(6-9)13(18)16-11-5-14-8-15-12(11)19-3/h5,8-10H,4,6-7H2,1-3H3,(H,16,18)/t9-,10-/m0/s1. The fourth-order valence-corrected chi connectivity index (χ4v) is 2.59. The van der Waals surface area contributed by atoms with Gasteiger partial charge in [0.15, 0.2) is 0 Å². The van der Waals surface area contributed by atoms with E-state index in [4.69, 9.17) is 4.74 Å². The minimum atomic E-state index is -0.119. The van der Waals surface area contributed by atoms with E-state index in [-0.39, 0.29) is 6.03 Å². The van der Waals surface area contributed by atoms with E-state index < -0.39 is 0 Å². The SMILES string of the molecule is COc1ncncc1NC(=O)N1C[C@@H](C)C[C@H](C)C1. The first-order chi connectivity index (χ1) is 9.10. The van der Waals surface area contributed by atoms with E-state index in [2.05, 4.69) is 29.1 Å². The lowest BCUT2D eigenvalue weighted by Gasteiger charge is -2.34. The summed E-state index contributed by atoms with van der Waals surface area (Å²) in [6.45, 7) is 5.91. The summed E-state index contributed by atoms with van der Waals surface area (Å²) in [6.07, 6.45) is 4.10. The zero-order valence-electron chi connectivity index (χ0n) is 11.6. The number of nitrogens with one attached hydrogen (secondary N) is 1. The quantitative estimate of drug-likeness (QED) is 0.887. The van der Waals surface area contributed by atoms with E-state index in [0.29, 0.717) is 23.4 Å². The van der Waals surface area contributed by atoms with E-state index in [1.165, 1.54) is 19.9 Å². The monoisotopic (exact) mass is 264 g/mol. The number of hydrogen-bond acceptors (Lipinski definition) is 4. The number of anilines is 1. The number of rotatable bonds is 2. The number of urea groups is 1. The van der Waals surface area contributed by atoms with Crippen LogP contribution in [-0.4, -0.2) is 41.1 Å². The van der Waals surface area contributed by atoms with E-state index in [1.807, 2.05) is 4.90 Å². The largest absolute Gasteiger partial charge is 0.479 e. The van der Waals surface area contributed by atoms with Gasteiger partial charge in [0.05, 0.1) is 13.3 Å². The van der Waals surface area contributed by atoms with E-state index in [9.17, 15) is 4.79 Å². The van der Waals surface area contributed by atoms with Crippen LogP contribution in [0.4, 0.5) is 10.5 Å². The molecule has 0 unspecified atom stereocenters. The molecule has 0 radical (unpaired) electrons. The van der Waals surface area contributed by atoms with Crippen LogP contribution in [0, 0.1) is 11.8 Å². The number of hydrogen-bond donors (Lipinski definition) is 1. The van der Waals surface area contributed by atoms with Crippen LogP contribution in [-0.2, 0) is 0 Å². The van der Waals surface area contributed by atoms with Crippen molar-refractivity contribution in [2.45, 2.75) is 20.3 Å². The molecule has 6 heteroatoms. The summed E-state index contributed by atoms with van der Waals surface area (Å²) in [6, 6.07) is -0.119. The Morgan fingerprint density at radius 1 is 1.42 bits per heavy atom. The summed E-state index contributed by atoms with van der Waals surface area (Å²) in [7, 11) is 1.52. The zero-order valence-corrected chi connectivity index (χ0v) is 11.6. The molecule has 1 aromatic rings. The van der Waals surface area contributed by atoms with Crippen molar-refractivity contribution in [1.29, 1.82) is 0 Å². The van der Waals surface area contributed by atoms with Crippen molar-refractivity contribution >= 4 is 11.7 Å². The molecular formula is C13H20N4O2. The van der Waals surface area contributed by atoms with Crippen molar-refractivity contribution in [2.24, 2.45) is 11.8 Å². The average Bonchev–Trinajstić information content (AvgIpc) is 2.38. The lowest BCUT2D eigenvalue weighted by atomic mass is 9.92. The number of ether oxygens (including phenoxy) is 1. The molecule has 1 saturated heterocycles. The van der Waals surface area contributed by atoms with Gasteiger partial charge in [0.25, 0.3) is 0 Å². The van der Waals surface area contributed by atoms with Crippen LogP contribution in [0.3, 0.4) is 0 Å². The third-order valence-electron chi connectivity index (χ3n) is 3.27. The second kappa shape index (κ2) is 5.86. The molecule has 0 spiro atoms. The number of carbonyl (C=O) groups excluding carboxylic acids is 1. The summed E-state index contributed by atoms with van der Waals surface area (Å²) in [4.78, 5) is 21.9. The Balaban J connectivity index is 2.04. The molecule has 1 fully saturated rings. The van der Waals surface area contributed by atoms with Crippen LogP contribution < -0.4 is 10.1 Å². The smallest absolute Gasteiger partial charge is 0.322 e. The number of likely N-dealkylation sites (tertiary alicyclic amines) is 1. The fraction of sp³-hybridized carbons (Fsp3) is 0.615.